The van der Waals surface area contributed by atoms with Gasteiger partial charge < -0.3 is 20.4 Å². The zero-order valence-electron chi connectivity index (χ0n) is 8.46. The van der Waals surface area contributed by atoms with Crippen LogP contribution in [0, 0.1) is 0 Å². The molecule has 0 aromatic heterocycles. The Kier molecular flexibility index (Phi) is 11.2. The summed E-state index contributed by atoms with van der Waals surface area (Å²) < 4.78 is 8.74. The maximum Gasteiger partial charge on any atom is 0.314 e. The van der Waals surface area contributed by atoms with Crippen molar-refractivity contribution in [2.45, 2.75) is 25.7 Å². The predicted molar refractivity (Wildman–Crippen MR) is 57.6 cm³/mol. The number of rotatable bonds is 0. The predicted octanol–water partition coefficient (Wildman–Crippen LogP) is 0.100. The lowest BCUT2D eigenvalue weighted by atomic mass is 10.4. The quantitative estimate of drug-likeness (QED) is 0.439. The van der Waals surface area contributed by atoms with Gasteiger partial charge in [-0.3, -0.25) is 4.57 Å². The maximum absolute atomic E-state index is 8.74. The molecule has 0 aliphatic carbocycles. The van der Waals surface area contributed by atoms with Crippen molar-refractivity contribution in [2.75, 3.05) is 26.2 Å². The number of hydrogen-bond donors (Lipinski definition) is 4. The van der Waals surface area contributed by atoms with Crippen LogP contribution in [0.15, 0.2) is 0 Å². The Bertz CT molecular complexity index is 109. The maximum atomic E-state index is 8.74. The monoisotopic (exact) mass is 224 g/mol. The summed E-state index contributed by atoms with van der Waals surface area (Å²) in [6.07, 6.45) is 5.56. The summed E-state index contributed by atoms with van der Waals surface area (Å²) in [5, 5.41) is 6.44. The molecule has 5 nitrogen and oxygen atoms in total. The summed E-state index contributed by atoms with van der Waals surface area (Å²) >= 11 is 0. The smallest absolute Gasteiger partial charge is 0.314 e. The highest BCUT2D eigenvalue weighted by atomic mass is 31.1. The molecule has 2 saturated heterocycles. The highest BCUT2D eigenvalue weighted by Gasteiger charge is 1.93. The molecule has 2 rings (SSSR count). The summed E-state index contributed by atoms with van der Waals surface area (Å²) in [5.74, 6) is 0. The van der Waals surface area contributed by atoms with Crippen LogP contribution in [-0.4, -0.2) is 36.0 Å². The molecular formula is C8H21N2O3P. The second kappa shape index (κ2) is 11.1. The first-order valence-electron chi connectivity index (χ1n) is 5.07. The van der Waals surface area contributed by atoms with Gasteiger partial charge in [0, 0.05) is 0 Å². The molecule has 2 aliphatic rings. The zero-order valence-corrected chi connectivity index (χ0v) is 9.46. The highest BCUT2D eigenvalue weighted by molar-refractivity contribution is 7.30. The van der Waals surface area contributed by atoms with Gasteiger partial charge in [-0.05, 0) is 51.9 Å². The molecule has 86 valence electrons. The third-order valence-electron chi connectivity index (χ3n) is 1.91. The van der Waals surface area contributed by atoms with Gasteiger partial charge in [-0.15, -0.1) is 0 Å². The minimum Gasteiger partial charge on any atom is -0.326 e. The van der Waals surface area contributed by atoms with Crippen LogP contribution in [0.2, 0.25) is 0 Å². The minimum absolute atomic E-state index is 1.25. The van der Waals surface area contributed by atoms with E-state index in [0.717, 1.165) is 0 Å². The molecule has 14 heavy (non-hydrogen) atoms. The van der Waals surface area contributed by atoms with E-state index in [1.54, 1.807) is 0 Å². The van der Waals surface area contributed by atoms with Crippen molar-refractivity contribution < 1.29 is 14.4 Å². The second-order valence-corrected chi connectivity index (χ2v) is 3.76. The summed E-state index contributed by atoms with van der Waals surface area (Å²) in [6, 6.07) is 0. The topological polar surface area (TPSA) is 81.6 Å². The normalized spacial score (nSPS) is 19.6. The van der Waals surface area contributed by atoms with Crippen molar-refractivity contribution in [3.05, 3.63) is 0 Å². The van der Waals surface area contributed by atoms with E-state index < -0.39 is 8.25 Å². The fourth-order valence-corrected chi connectivity index (χ4v) is 1.25. The van der Waals surface area contributed by atoms with Crippen LogP contribution in [0.3, 0.4) is 0 Å². The SMILES string of the molecule is C1CCNC1.C1CCNC1.O=[PH](O)O. The third-order valence-corrected chi connectivity index (χ3v) is 1.91. The molecule has 0 saturated carbocycles. The van der Waals surface area contributed by atoms with Gasteiger partial charge >= 0.3 is 8.25 Å². The lowest BCUT2D eigenvalue weighted by molar-refractivity contribution is 0.405. The van der Waals surface area contributed by atoms with Crippen molar-refractivity contribution in [1.82, 2.24) is 10.6 Å². The fourth-order valence-electron chi connectivity index (χ4n) is 1.25. The largest absolute Gasteiger partial charge is 0.326 e. The lowest BCUT2D eigenvalue weighted by Crippen LogP contribution is -2.03. The first-order chi connectivity index (χ1) is 6.73. The van der Waals surface area contributed by atoms with E-state index in [2.05, 4.69) is 10.6 Å². The summed E-state index contributed by atoms with van der Waals surface area (Å²) in [4.78, 5) is 14.3. The molecule has 0 unspecified atom stereocenters. The van der Waals surface area contributed by atoms with E-state index in [1.165, 1.54) is 51.9 Å². The van der Waals surface area contributed by atoms with Gasteiger partial charge in [0.25, 0.3) is 0 Å². The van der Waals surface area contributed by atoms with Crippen molar-refractivity contribution in [1.29, 1.82) is 0 Å². The van der Waals surface area contributed by atoms with Crippen LogP contribution in [0.5, 0.6) is 0 Å². The van der Waals surface area contributed by atoms with Crippen LogP contribution < -0.4 is 10.6 Å². The van der Waals surface area contributed by atoms with E-state index in [9.17, 15) is 0 Å². The molecule has 0 amide bonds. The van der Waals surface area contributed by atoms with Gasteiger partial charge in [0.1, 0.15) is 0 Å². The molecule has 0 spiro atoms. The molecule has 2 fully saturated rings. The molecule has 6 heteroatoms. The first kappa shape index (κ1) is 14.1. The molecule has 0 radical (unpaired) electrons. The third kappa shape index (κ3) is 14.6. The van der Waals surface area contributed by atoms with Crippen LogP contribution in [0.25, 0.3) is 0 Å². The summed E-state index contributed by atoms with van der Waals surface area (Å²) in [7, 11) is -3.13. The molecule has 2 aliphatic heterocycles. The number of hydrogen-bond acceptors (Lipinski definition) is 3. The van der Waals surface area contributed by atoms with E-state index in [4.69, 9.17) is 14.4 Å². The van der Waals surface area contributed by atoms with Crippen LogP contribution in [-0.2, 0) is 4.57 Å². The van der Waals surface area contributed by atoms with Crippen molar-refractivity contribution in [2.24, 2.45) is 0 Å². The molecule has 0 aromatic rings. The fraction of sp³-hybridized carbons (Fsp3) is 1.00. The van der Waals surface area contributed by atoms with Crippen molar-refractivity contribution >= 4 is 8.25 Å². The van der Waals surface area contributed by atoms with Gasteiger partial charge in [0.2, 0.25) is 0 Å². The Labute approximate surface area is 85.9 Å². The van der Waals surface area contributed by atoms with Gasteiger partial charge in [-0.1, -0.05) is 0 Å². The van der Waals surface area contributed by atoms with E-state index in [1.807, 2.05) is 0 Å². The van der Waals surface area contributed by atoms with E-state index >= 15 is 0 Å². The van der Waals surface area contributed by atoms with E-state index in [0.29, 0.717) is 0 Å². The summed E-state index contributed by atoms with van der Waals surface area (Å²) in [6.45, 7) is 5.00. The number of nitrogens with one attached hydrogen (secondary N) is 2. The first-order valence-corrected chi connectivity index (χ1v) is 6.37. The average Bonchev–Trinajstić information content (AvgIpc) is 2.83. The van der Waals surface area contributed by atoms with Gasteiger partial charge in [-0.25, -0.2) is 0 Å². The van der Waals surface area contributed by atoms with Crippen LogP contribution in [0.4, 0.5) is 0 Å². The van der Waals surface area contributed by atoms with Gasteiger partial charge in [-0.2, -0.15) is 0 Å². The van der Waals surface area contributed by atoms with Gasteiger partial charge in [0.15, 0.2) is 0 Å². The lowest BCUT2D eigenvalue weighted by Gasteiger charge is -1.76. The average molecular weight is 224 g/mol. The molecule has 0 aromatic carbocycles. The van der Waals surface area contributed by atoms with Crippen LogP contribution >= 0.6 is 8.25 Å². The standard InChI is InChI=1S/2C4H9N.H3O3P/c2*1-2-4-5-3-1;1-4(2)3/h2*5H,1-4H2;4H,(H2,1,2,3). The second-order valence-electron chi connectivity index (χ2n) is 3.20. The molecule has 0 atom stereocenters. The van der Waals surface area contributed by atoms with Crippen LogP contribution in [0.1, 0.15) is 25.7 Å². The minimum atomic E-state index is -3.13. The zero-order chi connectivity index (χ0) is 10.6. The Balaban J connectivity index is 0.000000183. The Morgan fingerprint density at radius 1 is 0.786 bits per heavy atom. The molecular weight excluding hydrogens is 203 g/mol. The Morgan fingerprint density at radius 2 is 1.00 bits per heavy atom. The van der Waals surface area contributed by atoms with Crippen molar-refractivity contribution in [3.63, 3.8) is 0 Å². The van der Waals surface area contributed by atoms with E-state index in [-0.39, 0.29) is 0 Å². The molecule has 4 N–H and O–H groups in total. The molecule has 2 heterocycles. The van der Waals surface area contributed by atoms with Crippen molar-refractivity contribution in [3.8, 4) is 0 Å². The Morgan fingerprint density at radius 3 is 1.07 bits per heavy atom. The Hall–Kier alpha value is 0.0700. The summed E-state index contributed by atoms with van der Waals surface area (Å²) in [5.41, 5.74) is 0. The highest BCUT2D eigenvalue weighted by Crippen LogP contribution is 1.98. The van der Waals surface area contributed by atoms with Gasteiger partial charge in [0.05, 0.1) is 0 Å². The molecule has 0 bridgehead atoms.